The molecule has 0 bridgehead atoms. The van der Waals surface area contributed by atoms with Gasteiger partial charge in [-0.3, -0.25) is 15.0 Å². The minimum atomic E-state index is -0.437. The lowest BCUT2D eigenvalue weighted by Crippen LogP contribution is -2.53. The molecule has 5 heteroatoms. The molecule has 1 heterocycles. The van der Waals surface area contributed by atoms with Crippen LogP contribution in [0.5, 0.6) is 0 Å². The first-order chi connectivity index (χ1) is 9.73. The fourth-order valence-electron chi connectivity index (χ4n) is 3.65. The Balaban J connectivity index is 1.66. The van der Waals surface area contributed by atoms with Crippen molar-refractivity contribution >= 4 is 5.97 Å². The Morgan fingerprint density at radius 2 is 2.15 bits per heavy atom. The molecule has 5 nitrogen and oxygen atoms in total. The fraction of sp³-hybridized carbons (Fsp3) is 0.933. The van der Waals surface area contributed by atoms with Crippen molar-refractivity contribution in [3.05, 3.63) is 0 Å². The van der Waals surface area contributed by atoms with E-state index in [0.717, 1.165) is 52.0 Å². The number of carbonyl (C=O) groups excluding carboxylic acids is 1. The van der Waals surface area contributed by atoms with Crippen molar-refractivity contribution in [2.24, 2.45) is 0 Å². The number of rotatable bonds is 4. The van der Waals surface area contributed by atoms with Crippen molar-refractivity contribution in [1.29, 1.82) is 0 Å². The van der Waals surface area contributed by atoms with Crippen LogP contribution in [0, 0.1) is 0 Å². The molecule has 3 fully saturated rings. The van der Waals surface area contributed by atoms with Gasteiger partial charge >= 0.3 is 5.97 Å². The molecule has 2 aliphatic carbocycles. The maximum Gasteiger partial charge on any atom is 0.326 e. The Morgan fingerprint density at radius 1 is 1.30 bits per heavy atom. The van der Waals surface area contributed by atoms with Gasteiger partial charge < -0.3 is 9.47 Å². The standard InChI is InChI=1S/C15H26N2O3/c1-19-14(18)15(16-12-3-4-12)6-5-13(11-15)17-7-2-9-20-10-8-17/h12-13,16H,2-11H2,1H3. The molecule has 0 aromatic rings. The van der Waals surface area contributed by atoms with Crippen LogP contribution in [0.15, 0.2) is 0 Å². The van der Waals surface area contributed by atoms with E-state index in [-0.39, 0.29) is 5.97 Å². The highest BCUT2D eigenvalue weighted by Crippen LogP contribution is 2.37. The summed E-state index contributed by atoms with van der Waals surface area (Å²) in [6, 6.07) is 1.02. The summed E-state index contributed by atoms with van der Waals surface area (Å²) >= 11 is 0. The topological polar surface area (TPSA) is 50.8 Å². The van der Waals surface area contributed by atoms with E-state index in [1.54, 1.807) is 0 Å². The van der Waals surface area contributed by atoms with E-state index in [4.69, 9.17) is 9.47 Å². The van der Waals surface area contributed by atoms with Crippen LogP contribution >= 0.6 is 0 Å². The zero-order valence-electron chi connectivity index (χ0n) is 12.4. The molecular formula is C15H26N2O3. The van der Waals surface area contributed by atoms with Crippen LogP contribution in [0.25, 0.3) is 0 Å². The first kappa shape index (κ1) is 14.3. The molecule has 1 saturated heterocycles. The summed E-state index contributed by atoms with van der Waals surface area (Å²) < 4.78 is 10.6. The monoisotopic (exact) mass is 282 g/mol. The van der Waals surface area contributed by atoms with Crippen LogP contribution in [0.3, 0.4) is 0 Å². The molecule has 0 amide bonds. The van der Waals surface area contributed by atoms with E-state index in [1.807, 2.05) is 0 Å². The van der Waals surface area contributed by atoms with Crippen molar-refractivity contribution in [3.8, 4) is 0 Å². The van der Waals surface area contributed by atoms with Gasteiger partial charge in [-0.1, -0.05) is 0 Å². The molecule has 0 aromatic carbocycles. The van der Waals surface area contributed by atoms with Gasteiger partial charge in [0.1, 0.15) is 5.54 Å². The summed E-state index contributed by atoms with van der Waals surface area (Å²) in [5.41, 5.74) is -0.437. The summed E-state index contributed by atoms with van der Waals surface area (Å²) in [6.45, 7) is 3.76. The smallest absolute Gasteiger partial charge is 0.326 e. The van der Waals surface area contributed by atoms with E-state index in [2.05, 4.69) is 10.2 Å². The van der Waals surface area contributed by atoms with Crippen LogP contribution in [0.1, 0.15) is 38.5 Å². The highest BCUT2D eigenvalue weighted by atomic mass is 16.5. The van der Waals surface area contributed by atoms with Gasteiger partial charge in [0.05, 0.1) is 13.7 Å². The maximum absolute atomic E-state index is 12.3. The minimum absolute atomic E-state index is 0.0713. The van der Waals surface area contributed by atoms with Gasteiger partial charge in [0, 0.05) is 31.8 Å². The van der Waals surface area contributed by atoms with E-state index >= 15 is 0 Å². The SMILES string of the molecule is COC(=O)C1(NC2CC2)CCC(N2CCCOCC2)C1. The number of hydrogen-bond acceptors (Lipinski definition) is 5. The van der Waals surface area contributed by atoms with E-state index < -0.39 is 5.54 Å². The first-order valence-corrected chi connectivity index (χ1v) is 7.91. The second-order valence-corrected chi connectivity index (χ2v) is 6.39. The highest BCUT2D eigenvalue weighted by molar-refractivity contribution is 5.81. The summed E-state index contributed by atoms with van der Waals surface area (Å²) in [5, 5.41) is 3.57. The Kier molecular flexibility index (Phi) is 4.29. The lowest BCUT2D eigenvalue weighted by molar-refractivity contribution is -0.148. The zero-order chi connectivity index (χ0) is 14.0. The van der Waals surface area contributed by atoms with Crippen molar-refractivity contribution < 1.29 is 14.3 Å². The number of nitrogens with zero attached hydrogens (tertiary/aromatic N) is 1. The molecule has 3 rings (SSSR count). The van der Waals surface area contributed by atoms with Gasteiger partial charge in [0.15, 0.2) is 0 Å². The summed E-state index contributed by atoms with van der Waals surface area (Å²) in [5.74, 6) is -0.0713. The zero-order valence-corrected chi connectivity index (χ0v) is 12.4. The third-order valence-electron chi connectivity index (χ3n) is 4.90. The van der Waals surface area contributed by atoms with Gasteiger partial charge in [0.2, 0.25) is 0 Å². The summed E-state index contributed by atoms with van der Waals surface area (Å²) in [7, 11) is 1.51. The van der Waals surface area contributed by atoms with Crippen molar-refractivity contribution in [2.75, 3.05) is 33.4 Å². The molecule has 0 spiro atoms. The second-order valence-electron chi connectivity index (χ2n) is 6.39. The molecular weight excluding hydrogens is 256 g/mol. The maximum atomic E-state index is 12.3. The average molecular weight is 282 g/mol. The van der Waals surface area contributed by atoms with Crippen LogP contribution < -0.4 is 5.32 Å². The Hall–Kier alpha value is -0.650. The quantitative estimate of drug-likeness (QED) is 0.777. The average Bonchev–Trinajstić information content (AvgIpc) is 3.22. The van der Waals surface area contributed by atoms with Crippen LogP contribution in [0.4, 0.5) is 0 Å². The van der Waals surface area contributed by atoms with Crippen LogP contribution in [0.2, 0.25) is 0 Å². The van der Waals surface area contributed by atoms with Gasteiger partial charge in [0.25, 0.3) is 0 Å². The lowest BCUT2D eigenvalue weighted by Gasteiger charge is -2.31. The van der Waals surface area contributed by atoms with Gasteiger partial charge in [-0.2, -0.15) is 0 Å². The molecule has 2 unspecified atom stereocenters. The number of ether oxygens (including phenoxy) is 2. The molecule has 0 radical (unpaired) electrons. The normalized spacial score (nSPS) is 35.8. The Bertz CT molecular complexity index is 351. The number of nitrogens with one attached hydrogen (secondary N) is 1. The molecule has 3 aliphatic rings. The largest absolute Gasteiger partial charge is 0.468 e. The Morgan fingerprint density at radius 3 is 2.90 bits per heavy atom. The predicted octanol–water partition coefficient (Wildman–Crippen LogP) is 0.925. The van der Waals surface area contributed by atoms with E-state index in [9.17, 15) is 4.79 Å². The van der Waals surface area contributed by atoms with E-state index in [0.29, 0.717) is 12.1 Å². The van der Waals surface area contributed by atoms with Crippen LogP contribution in [-0.2, 0) is 14.3 Å². The number of carbonyl (C=O) groups is 1. The van der Waals surface area contributed by atoms with Crippen molar-refractivity contribution in [1.82, 2.24) is 10.2 Å². The first-order valence-electron chi connectivity index (χ1n) is 7.91. The third kappa shape index (κ3) is 3.00. The minimum Gasteiger partial charge on any atom is -0.468 e. The fourth-order valence-corrected chi connectivity index (χ4v) is 3.65. The highest BCUT2D eigenvalue weighted by Gasteiger charge is 2.49. The molecule has 0 aromatic heterocycles. The molecule has 20 heavy (non-hydrogen) atoms. The predicted molar refractivity (Wildman–Crippen MR) is 75.6 cm³/mol. The molecule has 114 valence electrons. The Labute approximate surface area is 121 Å². The molecule has 1 aliphatic heterocycles. The van der Waals surface area contributed by atoms with Crippen molar-refractivity contribution in [2.45, 2.75) is 56.1 Å². The van der Waals surface area contributed by atoms with Crippen LogP contribution in [-0.4, -0.2) is 61.9 Å². The second kappa shape index (κ2) is 6.00. The lowest BCUT2D eigenvalue weighted by atomic mass is 9.96. The number of methoxy groups -OCH3 is 1. The molecule has 2 atom stereocenters. The summed E-state index contributed by atoms with van der Waals surface area (Å²) in [4.78, 5) is 14.8. The van der Waals surface area contributed by atoms with Gasteiger partial charge in [-0.15, -0.1) is 0 Å². The van der Waals surface area contributed by atoms with Gasteiger partial charge in [-0.25, -0.2) is 0 Å². The number of esters is 1. The number of hydrogen-bond donors (Lipinski definition) is 1. The summed E-state index contributed by atoms with van der Waals surface area (Å²) in [6.07, 6.45) is 6.35. The van der Waals surface area contributed by atoms with E-state index in [1.165, 1.54) is 20.0 Å². The molecule has 1 N–H and O–H groups in total. The van der Waals surface area contributed by atoms with Crippen molar-refractivity contribution in [3.63, 3.8) is 0 Å². The molecule has 2 saturated carbocycles. The third-order valence-corrected chi connectivity index (χ3v) is 4.90. The van der Waals surface area contributed by atoms with Gasteiger partial charge in [-0.05, 0) is 38.5 Å².